The van der Waals surface area contributed by atoms with Crippen LogP contribution in [0.5, 0.6) is 0 Å². The smallest absolute Gasteiger partial charge is 0.340 e. The fourth-order valence-corrected chi connectivity index (χ4v) is 3.52. The van der Waals surface area contributed by atoms with Crippen LogP contribution < -0.4 is 5.73 Å². The molecule has 3 atom stereocenters. The third kappa shape index (κ3) is 2.09. The maximum atomic E-state index is 11.9. The molecule has 3 unspecified atom stereocenters. The van der Waals surface area contributed by atoms with Gasteiger partial charge in [-0.1, -0.05) is 18.6 Å². The van der Waals surface area contributed by atoms with Crippen molar-refractivity contribution in [1.29, 1.82) is 0 Å². The highest BCUT2D eigenvalue weighted by atomic mass is 16.5. The molecule has 2 aliphatic carbocycles. The number of ether oxygens (including phenoxy) is 1. The molecule has 2 saturated carbocycles. The first-order chi connectivity index (χ1) is 8.74. The first kappa shape index (κ1) is 11.6. The van der Waals surface area contributed by atoms with Crippen molar-refractivity contribution < 1.29 is 9.53 Å². The Hall–Kier alpha value is -1.51. The Kier molecular flexibility index (Phi) is 2.98. The van der Waals surface area contributed by atoms with Crippen molar-refractivity contribution in [3.63, 3.8) is 0 Å². The molecule has 0 heterocycles. The summed E-state index contributed by atoms with van der Waals surface area (Å²) in [6.07, 6.45) is 5.28. The van der Waals surface area contributed by atoms with Gasteiger partial charge in [-0.15, -0.1) is 0 Å². The van der Waals surface area contributed by atoms with Gasteiger partial charge < -0.3 is 10.5 Å². The molecular formula is C15H19NO2. The van der Waals surface area contributed by atoms with Crippen molar-refractivity contribution in [2.75, 3.05) is 12.3 Å². The molecule has 96 valence electrons. The normalized spacial score (nSPS) is 29.4. The van der Waals surface area contributed by atoms with Crippen LogP contribution in [0, 0.1) is 17.8 Å². The van der Waals surface area contributed by atoms with Gasteiger partial charge in [0, 0.05) is 5.69 Å². The summed E-state index contributed by atoms with van der Waals surface area (Å²) in [5, 5.41) is 0. The number of hydrogen-bond acceptors (Lipinski definition) is 3. The summed E-state index contributed by atoms with van der Waals surface area (Å²) in [4.78, 5) is 11.9. The standard InChI is InChI=1S/C15H19NO2/c16-14-4-2-1-3-13(14)15(17)18-9-12-8-10-5-6-11(12)7-10/h1-4,10-12H,5-9,16H2. The molecule has 1 aromatic carbocycles. The van der Waals surface area contributed by atoms with Gasteiger partial charge in [-0.25, -0.2) is 4.79 Å². The first-order valence-electron chi connectivity index (χ1n) is 6.75. The predicted molar refractivity (Wildman–Crippen MR) is 70.1 cm³/mol. The summed E-state index contributed by atoms with van der Waals surface area (Å²) in [5.74, 6) is 1.98. The van der Waals surface area contributed by atoms with E-state index in [-0.39, 0.29) is 5.97 Å². The molecule has 3 heteroatoms. The van der Waals surface area contributed by atoms with Crippen molar-refractivity contribution in [3.8, 4) is 0 Å². The number of rotatable bonds is 3. The zero-order chi connectivity index (χ0) is 12.5. The van der Waals surface area contributed by atoms with E-state index in [1.54, 1.807) is 12.1 Å². The fraction of sp³-hybridized carbons (Fsp3) is 0.533. The summed E-state index contributed by atoms with van der Waals surface area (Å²) >= 11 is 0. The molecular weight excluding hydrogens is 226 g/mol. The van der Waals surface area contributed by atoms with Gasteiger partial charge in [-0.05, 0) is 49.1 Å². The number of carbonyl (C=O) groups is 1. The van der Waals surface area contributed by atoms with Crippen LogP contribution in [0.15, 0.2) is 24.3 Å². The Labute approximate surface area is 107 Å². The van der Waals surface area contributed by atoms with Crippen molar-refractivity contribution in [3.05, 3.63) is 29.8 Å². The number of nitrogen functional groups attached to an aromatic ring is 1. The van der Waals surface area contributed by atoms with Crippen molar-refractivity contribution in [2.45, 2.75) is 25.7 Å². The van der Waals surface area contributed by atoms with E-state index in [0.29, 0.717) is 23.8 Å². The van der Waals surface area contributed by atoms with E-state index in [1.165, 1.54) is 25.7 Å². The average molecular weight is 245 g/mol. The maximum Gasteiger partial charge on any atom is 0.340 e. The van der Waals surface area contributed by atoms with Crippen molar-refractivity contribution in [1.82, 2.24) is 0 Å². The molecule has 1 aromatic rings. The number of benzene rings is 1. The Morgan fingerprint density at radius 1 is 1.28 bits per heavy atom. The highest BCUT2D eigenvalue weighted by Gasteiger charge is 2.39. The summed E-state index contributed by atoms with van der Waals surface area (Å²) in [5.41, 5.74) is 6.75. The lowest BCUT2D eigenvalue weighted by atomic mass is 9.89. The van der Waals surface area contributed by atoms with Gasteiger partial charge in [0.05, 0.1) is 12.2 Å². The minimum absolute atomic E-state index is 0.282. The van der Waals surface area contributed by atoms with Crippen LogP contribution in [0.3, 0.4) is 0 Å². The highest BCUT2D eigenvalue weighted by molar-refractivity contribution is 5.94. The maximum absolute atomic E-state index is 11.9. The van der Waals surface area contributed by atoms with Crippen LogP contribution in [0.4, 0.5) is 5.69 Å². The van der Waals surface area contributed by atoms with E-state index in [9.17, 15) is 4.79 Å². The number of fused-ring (bicyclic) bond motifs is 2. The topological polar surface area (TPSA) is 52.3 Å². The van der Waals surface area contributed by atoms with E-state index in [4.69, 9.17) is 10.5 Å². The van der Waals surface area contributed by atoms with Crippen LogP contribution >= 0.6 is 0 Å². The van der Waals surface area contributed by atoms with Crippen LogP contribution in [-0.4, -0.2) is 12.6 Å². The second-order valence-corrected chi connectivity index (χ2v) is 5.62. The van der Waals surface area contributed by atoms with Crippen LogP contribution in [0.25, 0.3) is 0 Å². The lowest BCUT2D eigenvalue weighted by Crippen LogP contribution is -2.19. The molecule has 3 nitrogen and oxygen atoms in total. The monoisotopic (exact) mass is 245 g/mol. The molecule has 2 N–H and O–H groups in total. The number of hydrogen-bond donors (Lipinski definition) is 1. The lowest BCUT2D eigenvalue weighted by Gasteiger charge is -2.21. The molecule has 0 saturated heterocycles. The first-order valence-corrected chi connectivity index (χ1v) is 6.75. The Bertz CT molecular complexity index is 458. The molecule has 2 fully saturated rings. The molecule has 0 radical (unpaired) electrons. The van der Waals surface area contributed by atoms with E-state index in [2.05, 4.69) is 0 Å². The van der Waals surface area contributed by atoms with Gasteiger partial charge >= 0.3 is 5.97 Å². The molecule has 0 amide bonds. The Morgan fingerprint density at radius 3 is 2.78 bits per heavy atom. The minimum Gasteiger partial charge on any atom is -0.462 e. The summed E-state index contributed by atoms with van der Waals surface area (Å²) in [7, 11) is 0. The summed E-state index contributed by atoms with van der Waals surface area (Å²) < 4.78 is 5.43. The van der Waals surface area contributed by atoms with E-state index in [1.807, 2.05) is 12.1 Å². The van der Waals surface area contributed by atoms with Crippen molar-refractivity contribution >= 4 is 11.7 Å². The van der Waals surface area contributed by atoms with Gasteiger partial charge in [0.1, 0.15) is 0 Å². The fourth-order valence-electron chi connectivity index (χ4n) is 3.52. The number of para-hydroxylation sites is 1. The van der Waals surface area contributed by atoms with Crippen LogP contribution in [0.2, 0.25) is 0 Å². The number of esters is 1. The van der Waals surface area contributed by atoms with Gasteiger partial charge in [-0.3, -0.25) is 0 Å². The second-order valence-electron chi connectivity index (χ2n) is 5.62. The molecule has 0 spiro atoms. The molecule has 3 rings (SSSR count). The largest absolute Gasteiger partial charge is 0.462 e. The lowest BCUT2D eigenvalue weighted by molar-refractivity contribution is 0.0395. The van der Waals surface area contributed by atoms with Gasteiger partial charge in [0.2, 0.25) is 0 Å². The third-order valence-electron chi connectivity index (χ3n) is 4.49. The van der Waals surface area contributed by atoms with Crippen LogP contribution in [0.1, 0.15) is 36.0 Å². The average Bonchev–Trinajstić information content (AvgIpc) is 2.98. The van der Waals surface area contributed by atoms with Gasteiger partial charge in [-0.2, -0.15) is 0 Å². The molecule has 2 aliphatic rings. The van der Waals surface area contributed by atoms with E-state index >= 15 is 0 Å². The predicted octanol–water partition coefficient (Wildman–Crippen LogP) is 2.86. The zero-order valence-electron chi connectivity index (χ0n) is 10.5. The number of nitrogens with two attached hydrogens (primary N) is 1. The van der Waals surface area contributed by atoms with E-state index in [0.717, 1.165) is 11.8 Å². The molecule has 0 aliphatic heterocycles. The quantitative estimate of drug-likeness (QED) is 0.658. The molecule has 18 heavy (non-hydrogen) atoms. The van der Waals surface area contributed by atoms with Crippen LogP contribution in [-0.2, 0) is 4.74 Å². The van der Waals surface area contributed by atoms with E-state index < -0.39 is 0 Å². The highest BCUT2D eigenvalue weighted by Crippen LogP contribution is 2.48. The summed E-state index contributed by atoms with van der Waals surface area (Å²) in [6, 6.07) is 7.08. The SMILES string of the molecule is Nc1ccccc1C(=O)OCC1CC2CCC1C2. The number of carbonyl (C=O) groups excluding carboxylic acids is 1. The Balaban J connectivity index is 1.57. The Morgan fingerprint density at radius 2 is 2.11 bits per heavy atom. The number of anilines is 1. The molecule has 0 aromatic heterocycles. The third-order valence-corrected chi connectivity index (χ3v) is 4.49. The minimum atomic E-state index is -0.282. The zero-order valence-corrected chi connectivity index (χ0v) is 10.5. The van der Waals surface area contributed by atoms with Gasteiger partial charge in [0.25, 0.3) is 0 Å². The van der Waals surface area contributed by atoms with Gasteiger partial charge in [0.15, 0.2) is 0 Å². The van der Waals surface area contributed by atoms with Crippen molar-refractivity contribution in [2.24, 2.45) is 17.8 Å². The summed E-state index contributed by atoms with van der Waals surface area (Å²) in [6.45, 7) is 0.564. The second kappa shape index (κ2) is 4.63. The molecule has 2 bridgehead atoms.